The largest absolute Gasteiger partial charge is 0.490 e. The Morgan fingerprint density at radius 2 is 1.88 bits per heavy atom. The molecule has 1 saturated heterocycles. The summed E-state index contributed by atoms with van der Waals surface area (Å²) in [5.74, 6) is 0.729. The molecule has 1 amide bonds. The van der Waals surface area contributed by atoms with E-state index in [-0.39, 0.29) is 11.9 Å². The summed E-state index contributed by atoms with van der Waals surface area (Å²) in [4.78, 5) is 20.9. The lowest BCUT2D eigenvalue weighted by molar-refractivity contribution is 0.0934. The van der Waals surface area contributed by atoms with Crippen LogP contribution in [-0.2, 0) is 0 Å². The monoisotopic (exact) mass is 352 g/mol. The molecule has 1 aliphatic heterocycles. The number of ether oxygens (including phenoxy) is 1. The van der Waals surface area contributed by atoms with Gasteiger partial charge in [0.25, 0.3) is 5.91 Å². The van der Waals surface area contributed by atoms with Crippen molar-refractivity contribution in [2.75, 3.05) is 13.1 Å². The van der Waals surface area contributed by atoms with E-state index in [1.54, 1.807) is 6.20 Å². The molecule has 2 aliphatic rings. The Kier molecular flexibility index (Phi) is 5.11. The molecule has 26 heavy (non-hydrogen) atoms. The fraction of sp³-hybridized carbons (Fsp3) is 0.450. The quantitative estimate of drug-likeness (QED) is 0.865. The van der Waals surface area contributed by atoms with Gasteiger partial charge in [-0.05, 0) is 62.9 Å². The minimum Gasteiger partial charge on any atom is -0.490 e. The Balaban J connectivity index is 1.38. The van der Waals surface area contributed by atoms with E-state index in [4.69, 9.17) is 4.74 Å². The standard InChI is InChI=1S/C20H24N4O2/c25-20(24-15-9-10-21-11-15)19-13-22-18(12-23-19)14-5-7-17(8-6-14)26-16-3-1-2-4-16/h5-8,12-13,15-16,21H,1-4,9-11H2,(H,24,25). The lowest BCUT2D eigenvalue weighted by Gasteiger charge is -2.13. The van der Waals surface area contributed by atoms with Crippen molar-refractivity contribution in [2.45, 2.75) is 44.2 Å². The van der Waals surface area contributed by atoms with Crippen molar-refractivity contribution in [3.63, 3.8) is 0 Å². The van der Waals surface area contributed by atoms with Crippen LogP contribution in [0.2, 0.25) is 0 Å². The zero-order valence-corrected chi connectivity index (χ0v) is 14.8. The van der Waals surface area contributed by atoms with Crippen LogP contribution in [0.4, 0.5) is 0 Å². The molecule has 0 spiro atoms. The van der Waals surface area contributed by atoms with Crippen LogP contribution < -0.4 is 15.4 Å². The van der Waals surface area contributed by atoms with Crippen molar-refractivity contribution in [3.05, 3.63) is 42.4 Å². The number of carbonyl (C=O) groups is 1. The second kappa shape index (κ2) is 7.83. The maximum atomic E-state index is 12.2. The SMILES string of the molecule is O=C(NC1CCNC1)c1cnc(-c2ccc(OC3CCCC3)cc2)cn1. The number of aromatic nitrogens is 2. The van der Waals surface area contributed by atoms with Crippen LogP contribution in [-0.4, -0.2) is 41.1 Å². The van der Waals surface area contributed by atoms with Gasteiger partial charge in [-0.1, -0.05) is 0 Å². The van der Waals surface area contributed by atoms with Gasteiger partial charge in [-0.2, -0.15) is 0 Å². The van der Waals surface area contributed by atoms with Gasteiger partial charge in [0.2, 0.25) is 0 Å². The van der Waals surface area contributed by atoms with E-state index in [1.807, 2.05) is 24.3 Å². The van der Waals surface area contributed by atoms with Gasteiger partial charge in [-0.15, -0.1) is 0 Å². The second-order valence-electron chi connectivity index (χ2n) is 7.00. The smallest absolute Gasteiger partial charge is 0.271 e. The van der Waals surface area contributed by atoms with Crippen LogP contribution >= 0.6 is 0 Å². The summed E-state index contributed by atoms with van der Waals surface area (Å²) in [7, 11) is 0. The molecule has 2 fully saturated rings. The highest BCUT2D eigenvalue weighted by Gasteiger charge is 2.19. The van der Waals surface area contributed by atoms with E-state index >= 15 is 0 Å². The summed E-state index contributed by atoms with van der Waals surface area (Å²) in [6.45, 7) is 1.75. The van der Waals surface area contributed by atoms with E-state index in [9.17, 15) is 4.79 Å². The predicted octanol–water partition coefficient (Wildman–Crippen LogP) is 2.56. The normalized spacial score (nSPS) is 20.2. The van der Waals surface area contributed by atoms with E-state index in [0.717, 1.165) is 49.4 Å². The van der Waals surface area contributed by atoms with Gasteiger partial charge in [0, 0.05) is 18.2 Å². The Labute approximate surface area is 153 Å². The van der Waals surface area contributed by atoms with Crippen LogP contribution in [0.5, 0.6) is 5.75 Å². The molecule has 6 heteroatoms. The third-order valence-electron chi connectivity index (χ3n) is 5.04. The van der Waals surface area contributed by atoms with Gasteiger partial charge in [0.1, 0.15) is 11.4 Å². The first kappa shape index (κ1) is 17.0. The fourth-order valence-corrected chi connectivity index (χ4v) is 3.53. The number of hydrogen-bond donors (Lipinski definition) is 2. The molecule has 0 radical (unpaired) electrons. The lowest BCUT2D eigenvalue weighted by Crippen LogP contribution is -2.36. The first-order chi connectivity index (χ1) is 12.8. The average molecular weight is 352 g/mol. The number of hydrogen-bond acceptors (Lipinski definition) is 5. The third-order valence-corrected chi connectivity index (χ3v) is 5.04. The molecular weight excluding hydrogens is 328 g/mol. The minimum atomic E-state index is -0.168. The molecule has 136 valence electrons. The van der Waals surface area contributed by atoms with Gasteiger partial charge in [0.05, 0.1) is 24.2 Å². The summed E-state index contributed by atoms with van der Waals surface area (Å²) in [6.07, 6.45) is 9.30. The number of carbonyl (C=O) groups excluding carboxylic acids is 1. The van der Waals surface area contributed by atoms with Gasteiger partial charge in [0.15, 0.2) is 0 Å². The van der Waals surface area contributed by atoms with E-state index in [0.29, 0.717) is 11.8 Å². The number of amides is 1. The van der Waals surface area contributed by atoms with Gasteiger partial charge in [-0.25, -0.2) is 4.98 Å². The van der Waals surface area contributed by atoms with Gasteiger partial charge < -0.3 is 15.4 Å². The summed E-state index contributed by atoms with van der Waals surface area (Å²) in [6, 6.07) is 8.10. The van der Waals surface area contributed by atoms with Gasteiger partial charge in [-0.3, -0.25) is 9.78 Å². The highest BCUT2D eigenvalue weighted by atomic mass is 16.5. The molecule has 1 aromatic heterocycles. The lowest BCUT2D eigenvalue weighted by atomic mass is 10.1. The summed E-state index contributed by atoms with van der Waals surface area (Å²) in [5, 5.41) is 6.20. The Morgan fingerprint density at radius 1 is 1.08 bits per heavy atom. The molecule has 2 heterocycles. The van der Waals surface area contributed by atoms with Crippen molar-refractivity contribution in [1.29, 1.82) is 0 Å². The van der Waals surface area contributed by atoms with Crippen LogP contribution in [0.15, 0.2) is 36.7 Å². The average Bonchev–Trinajstić information content (AvgIpc) is 3.37. The molecule has 4 rings (SSSR count). The summed E-state index contributed by atoms with van der Waals surface area (Å²) >= 11 is 0. The van der Waals surface area contributed by atoms with Crippen molar-refractivity contribution >= 4 is 5.91 Å². The summed E-state index contributed by atoms with van der Waals surface area (Å²) < 4.78 is 5.99. The summed E-state index contributed by atoms with van der Waals surface area (Å²) in [5.41, 5.74) is 2.06. The molecule has 2 aromatic rings. The molecule has 0 bridgehead atoms. The molecule has 6 nitrogen and oxygen atoms in total. The topological polar surface area (TPSA) is 76.1 Å². The van der Waals surface area contributed by atoms with Crippen LogP contribution in [0.1, 0.15) is 42.6 Å². The molecular formula is C20H24N4O2. The third kappa shape index (κ3) is 4.02. The van der Waals surface area contributed by atoms with Crippen molar-refractivity contribution in [3.8, 4) is 17.0 Å². The molecule has 1 unspecified atom stereocenters. The number of benzene rings is 1. The molecule has 1 aliphatic carbocycles. The fourth-order valence-electron chi connectivity index (χ4n) is 3.53. The van der Waals surface area contributed by atoms with E-state index < -0.39 is 0 Å². The zero-order valence-electron chi connectivity index (χ0n) is 14.8. The first-order valence-electron chi connectivity index (χ1n) is 9.39. The maximum absolute atomic E-state index is 12.2. The molecule has 2 N–H and O–H groups in total. The van der Waals surface area contributed by atoms with Crippen LogP contribution in [0, 0.1) is 0 Å². The van der Waals surface area contributed by atoms with Crippen LogP contribution in [0.25, 0.3) is 11.3 Å². The first-order valence-corrected chi connectivity index (χ1v) is 9.39. The minimum absolute atomic E-state index is 0.168. The zero-order chi connectivity index (χ0) is 17.8. The Bertz CT molecular complexity index is 733. The molecule has 1 aromatic carbocycles. The highest BCUT2D eigenvalue weighted by molar-refractivity contribution is 5.92. The van der Waals surface area contributed by atoms with Crippen LogP contribution in [0.3, 0.4) is 0 Å². The van der Waals surface area contributed by atoms with Crippen molar-refractivity contribution in [2.24, 2.45) is 0 Å². The Hall–Kier alpha value is -2.47. The number of rotatable bonds is 5. The van der Waals surface area contributed by atoms with Crippen molar-refractivity contribution < 1.29 is 9.53 Å². The molecule has 1 atom stereocenters. The number of nitrogens with one attached hydrogen (secondary N) is 2. The maximum Gasteiger partial charge on any atom is 0.271 e. The van der Waals surface area contributed by atoms with Gasteiger partial charge >= 0.3 is 0 Å². The van der Waals surface area contributed by atoms with E-state index in [2.05, 4.69) is 20.6 Å². The van der Waals surface area contributed by atoms with Crippen molar-refractivity contribution in [1.82, 2.24) is 20.6 Å². The number of nitrogens with zero attached hydrogens (tertiary/aromatic N) is 2. The second-order valence-corrected chi connectivity index (χ2v) is 7.00. The molecule has 1 saturated carbocycles. The Morgan fingerprint density at radius 3 is 2.54 bits per heavy atom. The predicted molar refractivity (Wildman–Crippen MR) is 99.1 cm³/mol. The van der Waals surface area contributed by atoms with E-state index in [1.165, 1.54) is 19.0 Å². The highest BCUT2D eigenvalue weighted by Crippen LogP contribution is 2.26.